The second-order valence-corrected chi connectivity index (χ2v) is 3.96. The van der Waals surface area contributed by atoms with Crippen molar-refractivity contribution in [1.82, 2.24) is 10.2 Å². The number of nitrogens with zero attached hydrogens (tertiary/aromatic N) is 1. The van der Waals surface area contributed by atoms with Crippen LogP contribution in [0.25, 0.3) is 0 Å². The molecule has 1 rings (SSSR count). The molecule has 1 aromatic rings. The lowest BCUT2D eigenvalue weighted by molar-refractivity contribution is -0.145. The van der Waals surface area contributed by atoms with Crippen LogP contribution in [-0.2, 0) is 16.1 Å². The number of nitrogens with one attached hydrogen (secondary N) is 1. The molecule has 19 heavy (non-hydrogen) atoms. The zero-order valence-corrected chi connectivity index (χ0v) is 10.8. The fraction of sp³-hybridized carbons (Fsp3) is 0.200. The summed E-state index contributed by atoms with van der Waals surface area (Å²) in [6, 6.07) is 9.43. The molecule has 0 aliphatic rings. The molecule has 0 unspecified atom stereocenters. The SMILES string of the molecule is C=CCN(CC=C)C(=O)C(=O)NCc1ccccc1. The number of benzene rings is 1. The van der Waals surface area contributed by atoms with Gasteiger partial charge in [-0.2, -0.15) is 0 Å². The van der Waals surface area contributed by atoms with E-state index >= 15 is 0 Å². The Morgan fingerprint density at radius 2 is 1.68 bits per heavy atom. The molecule has 0 aromatic heterocycles. The molecular weight excluding hydrogens is 240 g/mol. The molecule has 0 atom stereocenters. The number of hydrogen-bond donors (Lipinski definition) is 1. The second-order valence-electron chi connectivity index (χ2n) is 3.96. The molecule has 0 bridgehead atoms. The van der Waals surface area contributed by atoms with Crippen LogP contribution >= 0.6 is 0 Å². The molecule has 0 saturated heterocycles. The number of amides is 2. The highest BCUT2D eigenvalue weighted by molar-refractivity contribution is 6.35. The van der Waals surface area contributed by atoms with E-state index in [1.807, 2.05) is 30.3 Å². The van der Waals surface area contributed by atoms with Crippen LogP contribution in [-0.4, -0.2) is 29.8 Å². The molecule has 100 valence electrons. The molecule has 1 aromatic carbocycles. The Morgan fingerprint density at radius 3 is 2.21 bits per heavy atom. The Morgan fingerprint density at radius 1 is 1.11 bits per heavy atom. The summed E-state index contributed by atoms with van der Waals surface area (Å²) in [7, 11) is 0. The summed E-state index contributed by atoms with van der Waals surface area (Å²) in [5.74, 6) is -1.19. The zero-order chi connectivity index (χ0) is 14.1. The van der Waals surface area contributed by atoms with Gasteiger partial charge >= 0.3 is 11.8 Å². The molecule has 0 radical (unpaired) electrons. The van der Waals surface area contributed by atoms with E-state index in [4.69, 9.17) is 0 Å². The maximum absolute atomic E-state index is 11.9. The van der Waals surface area contributed by atoms with Gasteiger partial charge in [0.15, 0.2) is 0 Å². The van der Waals surface area contributed by atoms with Gasteiger partial charge in [-0.25, -0.2) is 0 Å². The van der Waals surface area contributed by atoms with Gasteiger partial charge in [0, 0.05) is 19.6 Å². The Labute approximate surface area is 113 Å². The summed E-state index contributed by atoms with van der Waals surface area (Å²) < 4.78 is 0. The maximum atomic E-state index is 11.9. The van der Waals surface area contributed by atoms with Crippen LogP contribution in [0.3, 0.4) is 0 Å². The molecule has 0 fully saturated rings. The summed E-state index contributed by atoms with van der Waals surface area (Å²) in [6.45, 7) is 8.10. The predicted molar refractivity (Wildman–Crippen MR) is 75.3 cm³/mol. The fourth-order valence-corrected chi connectivity index (χ4v) is 1.55. The van der Waals surface area contributed by atoms with Gasteiger partial charge in [-0.05, 0) is 5.56 Å². The van der Waals surface area contributed by atoms with Crippen LogP contribution < -0.4 is 5.32 Å². The average Bonchev–Trinajstić information content (AvgIpc) is 2.45. The van der Waals surface area contributed by atoms with Crippen molar-refractivity contribution < 1.29 is 9.59 Å². The lowest BCUT2D eigenvalue weighted by Gasteiger charge is -2.18. The predicted octanol–water partition coefficient (Wildman–Crippen LogP) is 1.50. The first-order valence-electron chi connectivity index (χ1n) is 6.02. The molecule has 1 N–H and O–H groups in total. The van der Waals surface area contributed by atoms with Crippen molar-refractivity contribution in [3.05, 3.63) is 61.2 Å². The first kappa shape index (κ1) is 14.7. The standard InChI is InChI=1S/C15H18N2O2/c1-3-10-17(11-4-2)15(19)14(18)16-12-13-8-6-5-7-9-13/h3-9H,1-2,10-12H2,(H,16,18). The minimum Gasteiger partial charge on any atom is -0.344 e. The van der Waals surface area contributed by atoms with Crippen LogP contribution in [0.5, 0.6) is 0 Å². The van der Waals surface area contributed by atoms with E-state index in [1.165, 1.54) is 4.90 Å². The van der Waals surface area contributed by atoms with Crippen LogP contribution in [0.4, 0.5) is 0 Å². The van der Waals surface area contributed by atoms with Gasteiger partial charge in [-0.3, -0.25) is 9.59 Å². The lowest BCUT2D eigenvalue weighted by atomic mass is 10.2. The summed E-state index contributed by atoms with van der Waals surface area (Å²) >= 11 is 0. The average molecular weight is 258 g/mol. The zero-order valence-electron chi connectivity index (χ0n) is 10.8. The Bertz CT molecular complexity index is 444. The van der Waals surface area contributed by atoms with Crippen molar-refractivity contribution in [2.45, 2.75) is 6.54 Å². The van der Waals surface area contributed by atoms with Crippen molar-refractivity contribution in [2.24, 2.45) is 0 Å². The Balaban J connectivity index is 2.53. The summed E-state index contributed by atoms with van der Waals surface area (Å²) in [4.78, 5) is 25.0. The Hall–Kier alpha value is -2.36. The van der Waals surface area contributed by atoms with Gasteiger partial charge < -0.3 is 10.2 Å². The molecule has 0 heterocycles. The smallest absolute Gasteiger partial charge is 0.312 e. The highest BCUT2D eigenvalue weighted by atomic mass is 16.2. The van der Waals surface area contributed by atoms with E-state index in [2.05, 4.69) is 18.5 Å². The van der Waals surface area contributed by atoms with E-state index in [0.717, 1.165) is 5.56 Å². The maximum Gasteiger partial charge on any atom is 0.312 e. The number of carbonyl (C=O) groups is 2. The molecule has 4 heteroatoms. The third kappa shape index (κ3) is 4.79. The highest BCUT2D eigenvalue weighted by Gasteiger charge is 2.19. The van der Waals surface area contributed by atoms with Gasteiger partial charge in [0.2, 0.25) is 0 Å². The Kier molecular flexibility index (Phi) is 6.09. The first-order chi connectivity index (χ1) is 9.19. The van der Waals surface area contributed by atoms with Crippen molar-refractivity contribution >= 4 is 11.8 Å². The molecular formula is C15H18N2O2. The van der Waals surface area contributed by atoms with E-state index in [9.17, 15) is 9.59 Å². The molecule has 0 aliphatic carbocycles. The minimum absolute atomic E-state index is 0.323. The topological polar surface area (TPSA) is 49.4 Å². The molecule has 2 amide bonds. The van der Waals surface area contributed by atoms with Gasteiger partial charge in [-0.15, -0.1) is 13.2 Å². The van der Waals surface area contributed by atoms with E-state index in [-0.39, 0.29) is 0 Å². The lowest BCUT2D eigenvalue weighted by Crippen LogP contribution is -2.42. The largest absolute Gasteiger partial charge is 0.344 e. The van der Waals surface area contributed by atoms with Crippen LogP contribution in [0.1, 0.15) is 5.56 Å². The summed E-state index contributed by atoms with van der Waals surface area (Å²) in [6.07, 6.45) is 3.15. The third-order valence-corrected chi connectivity index (χ3v) is 2.48. The van der Waals surface area contributed by atoms with Crippen LogP contribution in [0.15, 0.2) is 55.6 Å². The fourth-order valence-electron chi connectivity index (χ4n) is 1.55. The van der Waals surface area contributed by atoms with E-state index in [1.54, 1.807) is 12.2 Å². The normalized spacial score (nSPS) is 9.47. The number of carbonyl (C=O) groups excluding carboxylic acids is 2. The minimum atomic E-state index is -0.618. The molecule has 0 spiro atoms. The van der Waals surface area contributed by atoms with E-state index < -0.39 is 11.8 Å². The quantitative estimate of drug-likeness (QED) is 0.621. The summed E-state index contributed by atoms with van der Waals surface area (Å²) in [5.41, 5.74) is 0.947. The highest BCUT2D eigenvalue weighted by Crippen LogP contribution is 1.98. The van der Waals surface area contributed by atoms with Crippen molar-refractivity contribution in [1.29, 1.82) is 0 Å². The van der Waals surface area contributed by atoms with Gasteiger partial charge in [0.05, 0.1) is 0 Å². The molecule has 0 saturated carbocycles. The third-order valence-electron chi connectivity index (χ3n) is 2.48. The van der Waals surface area contributed by atoms with Crippen LogP contribution in [0.2, 0.25) is 0 Å². The van der Waals surface area contributed by atoms with Gasteiger partial charge in [-0.1, -0.05) is 42.5 Å². The number of hydrogen-bond acceptors (Lipinski definition) is 2. The summed E-state index contributed by atoms with van der Waals surface area (Å²) in [5, 5.41) is 2.60. The second kappa shape index (κ2) is 7.87. The van der Waals surface area contributed by atoms with Crippen molar-refractivity contribution in [3.8, 4) is 0 Å². The van der Waals surface area contributed by atoms with E-state index in [0.29, 0.717) is 19.6 Å². The first-order valence-corrected chi connectivity index (χ1v) is 6.02. The van der Waals surface area contributed by atoms with Gasteiger partial charge in [0.25, 0.3) is 0 Å². The van der Waals surface area contributed by atoms with Crippen molar-refractivity contribution in [2.75, 3.05) is 13.1 Å². The molecule has 4 nitrogen and oxygen atoms in total. The van der Waals surface area contributed by atoms with Crippen molar-refractivity contribution in [3.63, 3.8) is 0 Å². The van der Waals surface area contributed by atoms with Crippen LogP contribution in [0, 0.1) is 0 Å². The number of rotatable bonds is 6. The molecule has 0 aliphatic heterocycles. The monoisotopic (exact) mass is 258 g/mol. The van der Waals surface area contributed by atoms with Gasteiger partial charge in [0.1, 0.15) is 0 Å².